The Labute approximate surface area is 110 Å². The van der Waals surface area contributed by atoms with Crippen LogP contribution in [0.2, 0.25) is 0 Å². The van der Waals surface area contributed by atoms with Gasteiger partial charge in [0.25, 0.3) is 4.82 Å². The van der Waals surface area contributed by atoms with Gasteiger partial charge in [-0.2, -0.15) is 0 Å². The zero-order valence-electron chi connectivity index (χ0n) is 9.40. The van der Waals surface area contributed by atoms with Crippen LogP contribution in [0, 0.1) is 0 Å². The molecule has 0 aromatic carbocycles. The van der Waals surface area contributed by atoms with Gasteiger partial charge in [0, 0.05) is 15.9 Å². The lowest BCUT2D eigenvalue weighted by molar-refractivity contribution is 0.261. The van der Waals surface area contributed by atoms with Crippen LogP contribution in [0.1, 0.15) is 58.3 Å². The molecule has 0 saturated heterocycles. The van der Waals surface area contributed by atoms with Crippen LogP contribution in [0.3, 0.4) is 0 Å². The van der Waals surface area contributed by atoms with Gasteiger partial charge >= 0.3 is 0 Å². The molecule has 0 fully saturated rings. The van der Waals surface area contributed by atoms with Crippen molar-refractivity contribution >= 4 is 36.7 Å². The van der Waals surface area contributed by atoms with E-state index in [-0.39, 0.29) is 9.77 Å². The van der Waals surface area contributed by atoms with Crippen molar-refractivity contribution in [1.29, 1.82) is 0 Å². The number of nitrogens with one attached hydrogen (secondary N) is 1. The van der Waals surface area contributed by atoms with Crippen LogP contribution < -0.4 is 5.32 Å². The van der Waals surface area contributed by atoms with Crippen molar-refractivity contribution < 1.29 is 4.79 Å². The fourth-order valence-electron chi connectivity index (χ4n) is 1.48. The average Bonchev–Trinajstić information content (AvgIpc) is 2.15. The van der Waals surface area contributed by atoms with Crippen LogP contribution in [-0.2, 0) is 0 Å². The van der Waals surface area contributed by atoms with Gasteiger partial charge in [-0.15, -0.1) is 0 Å². The van der Waals surface area contributed by atoms with Gasteiger partial charge in [0.1, 0.15) is 0 Å². The molecule has 0 bridgehead atoms. The van der Waals surface area contributed by atoms with E-state index in [0.717, 1.165) is 6.42 Å². The highest BCUT2D eigenvalue weighted by Crippen LogP contribution is 2.12. The number of hydrogen-bond donors (Lipinski definition) is 1. The highest BCUT2D eigenvalue weighted by atomic mass is 79.9. The number of hydrogen-bond acceptors (Lipinski definition) is 1. The van der Waals surface area contributed by atoms with E-state index in [2.05, 4.69) is 44.1 Å². The summed E-state index contributed by atoms with van der Waals surface area (Å²) in [5, 5.41) is 2.75. The molecular formula is C11H21Br2NO. The van der Waals surface area contributed by atoms with Crippen LogP contribution in [-0.4, -0.2) is 9.77 Å². The minimum Gasteiger partial charge on any atom is -0.334 e. The van der Waals surface area contributed by atoms with Crippen LogP contribution in [0.25, 0.3) is 0 Å². The second-order valence-electron chi connectivity index (χ2n) is 3.80. The number of unbranched alkanes of at least 4 members (excludes halogenated alkanes) is 6. The molecule has 1 amide bonds. The molecule has 0 spiro atoms. The van der Waals surface area contributed by atoms with Crippen molar-refractivity contribution in [2.45, 2.75) is 63.2 Å². The lowest BCUT2D eigenvalue weighted by Gasteiger charge is -2.09. The highest BCUT2D eigenvalue weighted by Gasteiger charge is 2.04. The Hall–Kier alpha value is 0.430. The van der Waals surface area contributed by atoms with Crippen LogP contribution >= 0.6 is 31.9 Å². The Morgan fingerprint density at radius 2 is 1.67 bits per heavy atom. The fraction of sp³-hybridized carbons (Fsp3) is 0.909. The summed E-state index contributed by atoms with van der Waals surface area (Å²) in [6.07, 6.45) is 10.2. The quantitative estimate of drug-likeness (QED) is 0.273. The average molecular weight is 343 g/mol. The summed E-state index contributed by atoms with van der Waals surface area (Å²) in [5.74, 6) is 0. The molecule has 0 aliphatic heterocycles. The Bertz CT molecular complexity index is 165. The standard InChI is InChI=1S/C11H21Br2NO/c1-2-3-4-5-6-7-8-9-10(12)14-11(13)15/h10H,2-9H2,1H3,(H,14,15). The molecule has 0 aromatic heterocycles. The van der Waals surface area contributed by atoms with E-state index in [0.29, 0.717) is 0 Å². The van der Waals surface area contributed by atoms with E-state index in [9.17, 15) is 4.79 Å². The second kappa shape index (κ2) is 10.9. The van der Waals surface area contributed by atoms with Gasteiger partial charge in [0.2, 0.25) is 0 Å². The molecule has 90 valence electrons. The molecule has 0 aliphatic carbocycles. The first kappa shape index (κ1) is 15.4. The van der Waals surface area contributed by atoms with Gasteiger partial charge in [-0.05, 0) is 6.42 Å². The summed E-state index contributed by atoms with van der Waals surface area (Å²) in [6, 6.07) is 0. The topological polar surface area (TPSA) is 29.1 Å². The van der Waals surface area contributed by atoms with Crippen LogP contribution in [0.4, 0.5) is 4.79 Å². The van der Waals surface area contributed by atoms with Gasteiger partial charge in [-0.1, -0.05) is 67.8 Å². The highest BCUT2D eigenvalue weighted by molar-refractivity contribution is 9.18. The molecule has 1 unspecified atom stereocenters. The maximum atomic E-state index is 10.6. The Morgan fingerprint density at radius 1 is 1.13 bits per heavy atom. The first-order chi connectivity index (χ1) is 7.16. The summed E-state index contributed by atoms with van der Waals surface area (Å²) < 4.78 is 0. The van der Waals surface area contributed by atoms with Crippen molar-refractivity contribution in [1.82, 2.24) is 5.32 Å². The first-order valence-electron chi connectivity index (χ1n) is 5.77. The molecule has 1 atom stereocenters. The number of alkyl halides is 1. The van der Waals surface area contributed by atoms with Crippen LogP contribution in [0.15, 0.2) is 0 Å². The maximum absolute atomic E-state index is 10.6. The lowest BCUT2D eigenvalue weighted by Crippen LogP contribution is -2.24. The molecule has 0 aliphatic rings. The largest absolute Gasteiger partial charge is 0.334 e. The maximum Gasteiger partial charge on any atom is 0.288 e. The SMILES string of the molecule is CCCCCCCCCC(Br)NC(=O)Br. The second-order valence-corrected chi connectivity index (χ2v) is 5.62. The predicted molar refractivity (Wildman–Crippen MR) is 72.8 cm³/mol. The third kappa shape index (κ3) is 12.4. The number of amides is 1. The Morgan fingerprint density at radius 3 is 2.20 bits per heavy atom. The zero-order chi connectivity index (χ0) is 11.5. The zero-order valence-corrected chi connectivity index (χ0v) is 12.6. The third-order valence-corrected chi connectivity index (χ3v) is 3.25. The molecule has 1 N–H and O–H groups in total. The van der Waals surface area contributed by atoms with Gasteiger partial charge in [0.15, 0.2) is 0 Å². The molecule has 0 saturated carbocycles. The van der Waals surface area contributed by atoms with Crippen molar-refractivity contribution in [3.63, 3.8) is 0 Å². The number of rotatable bonds is 9. The summed E-state index contributed by atoms with van der Waals surface area (Å²) >= 11 is 6.26. The van der Waals surface area contributed by atoms with E-state index >= 15 is 0 Å². The third-order valence-electron chi connectivity index (χ3n) is 2.33. The minimum absolute atomic E-state index is 0.111. The number of halogens is 2. The minimum atomic E-state index is -0.146. The molecule has 0 aromatic rings. The molecule has 0 heterocycles. The fourth-order valence-corrected chi connectivity index (χ4v) is 2.59. The summed E-state index contributed by atoms with van der Waals surface area (Å²) in [7, 11) is 0. The summed E-state index contributed by atoms with van der Waals surface area (Å²) in [6.45, 7) is 2.23. The van der Waals surface area contributed by atoms with Gasteiger partial charge in [0.05, 0.1) is 4.95 Å². The first-order valence-corrected chi connectivity index (χ1v) is 7.47. The van der Waals surface area contributed by atoms with E-state index in [4.69, 9.17) is 0 Å². The summed E-state index contributed by atoms with van der Waals surface area (Å²) in [4.78, 5) is 10.6. The van der Waals surface area contributed by atoms with Crippen molar-refractivity contribution in [2.24, 2.45) is 0 Å². The lowest BCUT2D eigenvalue weighted by atomic mass is 10.1. The smallest absolute Gasteiger partial charge is 0.288 e. The monoisotopic (exact) mass is 341 g/mol. The van der Waals surface area contributed by atoms with E-state index in [1.807, 2.05) is 0 Å². The number of carbonyl (C=O) groups excluding carboxylic acids is 1. The molecule has 15 heavy (non-hydrogen) atoms. The molecule has 0 radical (unpaired) electrons. The predicted octanol–water partition coefficient (Wildman–Crippen LogP) is 4.95. The van der Waals surface area contributed by atoms with Gasteiger partial charge in [-0.25, -0.2) is 0 Å². The Kier molecular flexibility index (Phi) is 11.2. The van der Waals surface area contributed by atoms with Crippen molar-refractivity contribution in [2.75, 3.05) is 0 Å². The van der Waals surface area contributed by atoms with Gasteiger partial charge in [-0.3, -0.25) is 4.79 Å². The molecule has 0 rings (SSSR count). The van der Waals surface area contributed by atoms with E-state index in [1.54, 1.807) is 0 Å². The molecule has 4 heteroatoms. The Balaban J connectivity index is 3.13. The van der Waals surface area contributed by atoms with E-state index in [1.165, 1.54) is 44.9 Å². The molecular weight excluding hydrogens is 322 g/mol. The van der Waals surface area contributed by atoms with Gasteiger partial charge < -0.3 is 5.32 Å². The normalized spacial score (nSPS) is 12.5. The van der Waals surface area contributed by atoms with Crippen molar-refractivity contribution in [3.8, 4) is 0 Å². The van der Waals surface area contributed by atoms with Crippen LogP contribution in [0.5, 0.6) is 0 Å². The van der Waals surface area contributed by atoms with E-state index < -0.39 is 0 Å². The number of carbonyl (C=O) groups is 1. The molecule has 2 nitrogen and oxygen atoms in total. The van der Waals surface area contributed by atoms with Crippen molar-refractivity contribution in [3.05, 3.63) is 0 Å². The summed E-state index contributed by atoms with van der Waals surface area (Å²) in [5.41, 5.74) is 0.